The topological polar surface area (TPSA) is 0 Å². The zero-order valence-corrected chi connectivity index (χ0v) is 7.18. The van der Waals surface area contributed by atoms with Crippen molar-refractivity contribution < 1.29 is 23.1 Å². The van der Waals surface area contributed by atoms with Crippen LogP contribution in [0.4, 0.5) is 0 Å². The van der Waals surface area contributed by atoms with Gasteiger partial charge in [-0.15, -0.1) is 0 Å². The Morgan fingerprint density at radius 2 is 0.714 bits per heavy atom. The molecule has 0 saturated heterocycles. The summed E-state index contributed by atoms with van der Waals surface area (Å²) >= 11 is 0. The SMILES string of the molecule is [CH2-]C.[CH2-]C.[CH2-]C.[H-].[Ti+4]. The Kier molecular flexibility index (Phi) is 1550. The quantitative estimate of drug-likeness (QED) is 0.354. The molecule has 0 aromatic heterocycles. The fourth-order valence-corrected chi connectivity index (χ4v) is 0. The van der Waals surface area contributed by atoms with Gasteiger partial charge in [-0.1, -0.05) is 0 Å². The Labute approximate surface area is 65.1 Å². The third-order valence-corrected chi connectivity index (χ3v) is 0. The molecule has 0 fully saturated rings. The molecule has 0 aliphatic rings. The van der Waals surface area contributed by atoms with E-state index in [1.165, 1.54) is 0 Å². The van der Waals surface area contributed by atoms with Gasteiger partial charge in [0.2, 0.25) is 0 Å². The van der Waals surface area contributed by atoms with Crippen LogP contribution in [-0.4, -0.2) is 0 Å². The van der Waals surface area contributed by atoms with E-state index in [2.05, 4.69) is 20.8 Å². The summed E-state index contributed by atoms with van der Waals surface area (Å²) in [5, 5.41) is 0. The summed E-state index contributed by atoms with van der Waals surface area (Å²) in [5.74, 6) is 0. The summed E-state index contributed by atoms with van der Waals surface area (Å²) in [5.41, 5.74) is 0. The molecule has 0 bridgehead atoms. The maximum atomic E-state index is 3.25. The molecule has 0 heterocycles. The summed E-state index contributed by atoms with van der Waals surface area (Å²) in [6.45, 7) is 15.0. The first-order chi connectivity index (χ1) is 3.00. The predicted octanol–water partition coefficient (Wildman–Crippen LogP) is 2.63. The Balaban J connectivity index is -0.00000000500. The average molecular weight is 136 g/mol. The van der Waals surface area contributed by atoms with Gasteiger partial charge >= 0.3 is 21.7 Å². The molecule has 0 spiro atoms. The van der Waals surface area contributed by atoms with Crippen LogP contribution < -0.4 is 0 Å². The maximum absolute atomic E-state index is 3.25. The first-order valence-electron chi connectivity index (χ1n) is 2.12. The summed E-state index contributed by atoms with van der Waals surface area (Å²) in [6, 6.07) is 0. The van der Waals surface area contributed by atoms with Crippen LogP contribution in [-0.2, 0) is 21.7 Å². The van der Waals surface area contributed by atoms with Gasteiger partial charge in [0.05, 0.1) is 0 Å². The summed E-state index contributed by atoms with van der Waals surface area (Å²) in [7, 11) is 0. The molecule has 7 heavy (non-hydrogen) atoms. The second kappa shape index (κ2) is 430. The molecule has 0 atom stereocenters. The van der Waals surface area contributed by atoms with Gasteiger partial charge in [-0.2, -0.15) is 20.8 Å². The molecule has 0 saturated carbocycles. The molecule has 0 radical (unpaired) electrons. The fourth-order valence-electron chi connectivity index (χ4n) is 0. The Bertz CT molecular complexity index is 8.49. The molecule has 0 unspecified atom stereocenters. The van der Waals surface area contributed by atoms with Gasteiger partial charge in [-0.05, 0) is 0 Å². The van der Waals surface area contributed by atoms with Gasteiger partial charge in [-0.25, -0.2) is 0 Å². The van der Waals surface area contributed by atoms with E-state index in [1.54, 1.807) is 20.8 Å². The monoisotopic (exact) mass is 136 g/mol. The van der Waals surface area contributed by atoms with Crippen molar-refractivity contribution in [2.75, 3.05) is 0 Å². The normalized spacial score (nSPS) is 2.57. The van der Waals surface area contributed by atoms with Crippen molar-refractivity contribution in [2.24, 2.45) is 0 Å². The minimum Gasteiger partial charge on any atom is -1.00 e. The third kappa shape index (κ3) is 292. The van der Waals surface area contributed by atoms with Crippen molar-refractivity contribution >= 4 is 0 Å². The molecule has 0 aromatic carbocycles. The molecular formula is C6H16Ti. The van der Waals surface area contributed by atoms with Crippen molar-refractivity contribution in [3.05, 3.63) is 20.8 Å². The molecule has 0 N–H and O–H groups in total. The third-order valence-electron chi connectivity index (χ3n) is 0. The van der Waals surface area contributed by atoms with E-state index in [1.807, 2.05) is 0 Å². The van der Waals surface area contributed by atoms with Crippen LogP contribution in [0.25, 0.3) is 0 Å². The largest absolute Gasteiger partial charge is 4.00 e. The van der Waals surface area contributed by atoms with Crippen LogP contribution in [0.3, 0.4) is 0 Å². The van der Waals surface area contributed by atoms with Gasteiger partial charge in [-0.3, -0.25) is 0 Å². The van der Waals surface area contributed by atoms with Crippen molar-refractivity contribution in [1.29, 1.82) is 0 Å². The molecule has 0 aliphatic carbocycles. The van der Waals surface area contributed by atoms with E-state index in [9.17, 15) is 0 Å². The van der Waals surface area contributed by atoms with E-state index >= 15 is 0 Å². The standard InChI is InChI=1S/3C2H5.Ti.H/c3*1-2;;/h3*1H2,2H3;;/q3*-1;+4;-1. The van der Waals surface area contributed by atoms with E-state index in [0.29, 0.717) is 0 Å². The van der Waals surface area contributed by atoms with Crippen molar-refractivity contribution in [2.45, 2.75) is 20.8 Å². The van der Waals surface area contributed by atoms with Crippen LogP contribution in [0.1, 0.15) is 22.2 Å². The molecule has 1 heteroatoms. The van der Waals surface area contributed by atoms with Gasteiger partial charge in [0.25, 0.3) is 0 Å². The molecule has 0 amide bonds. The average Bonchev–Trinajstić information content (AvgIpc) is 1.81. The number of hydrogen-bond donors (Lipinski definition) is 0. The zero-order chi connectivity index (χ0) is 6.00. The first kappa shape index (κ1) is 25.2. The molecular weight excluding hydrogens is 120 g/mol. The Morgan fingerprint density at radius 3 is 0.714 bits per heavy atom. The van der Waals surface area contributed by atoms with Crippen LogP contribution in [0, 0.1) is 20.8 Å². The van der Waals surface area contributed by atoms with Gasteiger partial charge < -0.3 is 22.2 Å². The summed E-state index contributed by atoms with van der Waals surface area (Å²) < 4.78 is 0. The molecule has 0 nitrogen and oxygen atoms in total. The van der Waals surface area contributed by atoms with E-state index in [0.717, 1.165) is 0 Å². The summed E-state index contributed by atoms with van der Waals surface area (Å²) in [4.78, 5) is 0. The van der Waals surface area contributed by atoms with Gasteiger partial charge in [0.1, 0.15) is 0 Å². The van der Waals surface area contributed by atoms with Gasteiger partial charge in [0, 0.05) is 0 Å². The fraction of sp³-hybridized carbons (Fsp3) is 0.500. The second-order valence-corrected chi connectivity index (χ2v) is 0. The molecule has 0 rings (SSSR count). The first-order valence-corrected chi connectivity index (χ1v) is 2.12. The zero-order valence-electron chi connectivity index (χ0n) is 6.62. The van der Waals surface area contributed by atoms with Crippen molar-refractivity contribution in [3.8, 4) is 0 Å². The smallest absolute Gasteiger partial charge is 1.00 e. The molecule has 44 valence electrons. The van der Waals surface area contributed by atoms with Crippen LogP contribution in [0.5, 0.6) is 0 Å². The molecule has 0 aromatic rings. The van der Waals surface area contributed by atoms with Crippen LogP contribution in [0.15, 0.2) is 0 Å². The molecule has 0 aliphatic heterocycles. The van der Waals surface area contributed by atoms with Gasteiger partial charge in [0.15, 0.2) is 0 Å². The minimum atomic E-state index is 0. The van der Waals surface area contributed by atoms with Crippen molar-refractivity contribution in [3.63, 3.8) is 0 Å². The minimum absolute atomic E-state index is 0. The Hall–Kier alpha value is 0.714. The number of rotatable bonds is 0. The van der Waals surface area contributed by atoms with E-state index in [4.69, 9.17) is 0 Å². The summed E-state index contributed by atoms with van der Waals surface area (Å²) in [6.07, 6.45) is 0. The van der Waals surface area contributed by atoms with Crippen LogP contribution >= 0.6 is 0 Å². The van der Waals surface area contributed by atoms with E-state index < -0.39 is 0 Å². The number of hydrogen-bond acceptors (Lipinski definition) is 0. The predicted molar refractivity (Wildman–Crippen MR) is 34.2 cm³/mol. The second-order valence-electron chi connectivity index (χ2n) is 0. The van der Waals surface area contributed by atoms with E-state index in [-0.39, 0.29) is 23.1 Å². The Morgan fingerprint density at radius 1 is 0.714 bits per heavy atom. The van der Waals surface area contributed by atoms with Crippen molar-refractivity contribution in [1.82, 2.24) is 0 Å². The maximum Gasteiger partial charge on any atom is 4.00 e. The van der Waals surface area contributed by atoms with Crippen LogP contribution in [0.2, 0.25) is 0 Å².